The third kappa shape index (κ3) is 4.54. The fourth-order valence-corrected chi connectivity index (χ4v) is 1.65. The van der Waals surface area contributed by atoms with Gasteiger partial charge in [0.15, 0.2) is 6.29 Å². The van der Waals surface area contributed by atoms with Crippen LogP contribution in [0.3, 0.4) is 0 Å². The van der Waals surface area contributed by atoms with Crippen LogP contribution in [0.5, 0.6) is 5.75 Å². The number of aryl methyl sites for hydroxylation is 1. The maximum absolute atomic E-state index is 11.9. The van der Waals surface area contributed by atoms with Crippen molar-refractivity contribution < 1.29 is 19.4 Å². The van der Waals surface area contributed by atoms with E-state index in [9.17, 15) is 9.90 Å². The zero-order valence-corrected chi connectivity index (χ0v) is 11.6. The summed E-state index contributed by atoms with van der Waals surface area (Å²) in [4.78, 5) is 11.9. The molecule has 0 aliphatic rings. The molecule has 0 saturated carbocycles. The number of amides is 1. The molecule has 19 heavy (non-hydrogen) atoms. The lowest BCUT2D eigenvalue weighted by atomic mass is 10.1. The van der Waals surface area contributed by atoms with Gasteiger partial charge in [-0.05, 0) is 32.4 Å². The van der Waals surface area contributed by atoms with Gasteiger partial charge in [-0.25, -0.2) is 0 Å². The number of rotatable bonds is 7. The summed E-state index contributed by atoms with van der Waals surface area (Å²) in [7, 11) is 0. The van der Waals surface area contributed by atoms with Gasteiger partial charge < -0.3 is 19.9 Å². The molecule has 0 radical (unpaired) electrons. The molecular formula is C14H21NO4. The normalized spacial score (nSPS) is 10.7. The van der Waals surface area contributed by atoms with E-state index >= 15 is 0 Å². The molecule has 0 saturated heterocycles. The molecule has 2 N–H and O–H groups in total. The Balaban J connectivity index is 2.61. The number of carbonyl (C=O) groups excluding carboxylic acids is 1. The van der Waals surface area contributed by atoms with Crippen LogP contribution in [0.15, 0.2) is 18.2 Å². The number of phenols is 1. The Kier molecular flexibility index (Phi) is 6.32. The number of benzene rings is 1. The number of nitrogens with one attached hydrogen (secondary N) is 1. The molecule has 1 aromatic rings. The first-order valence-corrected chi connectivity index (χ1v) is 6.40. The SMILES string of the molecule is CCOC(CNC(=O)c1cccc(C)c1O)OCC. The summed E-state index contributed by atoms with van der Waals surface area (Å²) in [6.45, 7) is 6.73. The van der Waals surface area contributed by atoms with E-state index in [-0.39, 0.29) is 23.8 Å². The molecule has 0 heterocycles. The van der Waals surface area contributed by atoms with Crippen LogP contribution in [-0.4, -0.2) is 37.1 Å². The van der Waals surface area contributed by atoms with Crippen molar-refractivity contribution in [3.8, 4) is 5.75 Å². The van der Waals surface area contributed by atoms with E-state index in [1.807, 2.05) is 13.8 Å². The largest absolute Gasteiger partial charge is 0.507 e. The second-order valence-electron chi connectivity index (χ2n) is 4.02. The van der Waals surface area contributed by atoms with E-state index in [4.69, 9.17) is 9.47 Å². The van der Waals surface area contributed by atoms with E-state index < -0.39 is 6.29 Å². The zero-order valence-electron chi connectivity index (χ0n) is 11.6. The van der Waals surface area contributed by atoms with Crippen LogP contribution in [0, 0.1) is 6.92 Å². The summed E-state index contributed by atoms with van der Waals surface area (Å²) in [5, 5.41) is 12.5. The molecule has 0 unspecified atom stereocenters. The van der Waals surface area contributed by atoms with Gasteiger partial charge in [-0.2, -0.15) is 0 Å². The van der Waals surface area contributed by atoms with Crippen molar-refractivity contribution in [2.45, 2.75) is 27.1 Å². The van der Waals surface area contributed by atoms with Gasteiger partial charge in [-0.15, -0.1) is 0 Å². The Morgan fingerprint density at radius 3 is 2.53 bits per heavy atom. The number of carbonyl (C=O) groups is 1. The Hall–Kier alpha value is -1.59. The fourth-order valence-electron chi connectivity index (χ4n) is 1.65. The molecule has 5 heteroatoms. The summed E-state index contributed by atoms with van der Waals surface area (Å²) in [5.41, 5.74) is 0.922. The Bertz CT molecular complexity index is 414. The first-order valence-electron chi connectivity index (χ1n) is 6.40. The van der Waals surface area contributed by atoms with Gasteiger partial charge in [0.1, 0.15) is 5.75 Å². The van der Waals surface area contributed by atoms with Crippen molar-refractivity contribution in [1.82, 2.24) is 5.32 Å². The van der Waals surface area contributed by atoms with Crippen molar-refractivity contribution in [3.63, 3.8) is 0 Å². The zero-order chi connectivity index (χ0) is 14.3. The predicted molar refractivity (Wildman–Crippen MR) is 72.2 cm³/mol. The summed E-state index contributed by atoms with van der Waals surface area (Å²) >= 11 is 0. The monoisotopic (exact) mass is 267 g/mol. The quantitative estimate of drug-likeness (QED) is 0.740. The van der Waals surface area contributed by atoms with Crippen molar-refractivity contribution in [1.29, 1.82) is 0 Å². The topological polar surface area (TPSA) is 67.8 Å². The second-order valence-corrected chi connectivity index (χ2v) is 4.02. The van der Waals surface area contributed by atoms with Crippen molar-refractivity contribution >= 4 is 5.91 Å². The summed E-state index contributed by atoms with van der Waals surface area (Å²) in [6, 6.07) is 5.05. The highest BCUT2D eigenvalue weighted by molar-refractivity contribution is 5.97. The summed E-state index contributed by atoms with van der Waals surface area (Å²) in [5.74, 6) is -0.338. The van der Waals surface area contributed by atoms with Gasteiger partial charge in [0, 0.05) is 13.2 Å². The lowest BCUT2D eigenvalue weighted by Crippen LogP contribution is -2.35. The lowest BCUT2D eigenvalue weighted by Gasteiger charge is -2.17. The maximum atomic E-state index is 11.9. The number of para-hydroxylation sites is 1. The minimum atomic E-state index is -0.467. The fraction of sp³-hybridized carbons (Fsp3) is 0.500. The van der Waals surface area contributed by atoms with Crippen LogP contribution in [0.25, 0.3) is 0 Å². The van der Waals surface area contributed by atoms with Gasteiger partial charge in [-0.1, -0.05) is 12.1 Å². The molecule has 106 valence electrons. The Morgan fingerprint density at radius 2 is 1.95 bits per heavy atom. The number of hydrogen-bond donors (Lipinski definition) is 2. The Labute approximate surface area is 113 Å². The van der Waals surface area contributed by atoms with Crippen LogP contribution in [0.1, 0.15) is 29.8 Å². The summed E-state index contributed by atoms with van der Waals surface area (Å²) in [6.07, 6.45) is -0.467. The van der Waals surface area contributed by atoms with Gasteiger partial charge in [0.2, 0.25) is 0 Å². The average molecular weight is 267 g/mol. The first kappa shape index (κ1) is 15.5. The molecule has 5 nitrogen and oxygen atoms in total. The standard InChI is InChI=1S/C14H21NO4/c1-4-18-12(19-5-2)9-15-14(17)11-8-6-7-10(3)13(11)16/h6-8,12,16H,4-5,9H2,1-3H3,(H,15,17). The van der Waals surface area contributed by atoms with Gasteiger partial charge in [0.05, 0.1) is 12.1 Å². The first-order chi connectivity index (χ1) is 9.10. The van der Waals surface area contributed by atoms with E-state index in [1.54, 1.807) is 25.1 Å². The van der Waals surface area contributed by atoms with Crippen LogP contribution < -0.4 is 5.32 Å². The van der Waals surface area contributed by atoms with Crippen LogP contribution in [0.4, 0.5) is 0 Å². The van der Waals surface area contributed by atoms with Crippen molar-refractivity contribution in [2.24, 2.45) is 0 Å². The number of aromatic hydroxyl groups is 1. The molecule has 1 rings (SSSR count). The molecule has 0 fully saturated rings. The third-order valence-corrected chi connectivity index (χ3v) is 2.62. The highest BCUT2D eigenvalue weighted by atomic mass is 16.7. The second kappa shape index (κ2) is 7.76. The van der Waals surface area contributed by atoms with Gasteiger partial charge in [0.25, 0.3) is 5.91 Å². The van der Waals surface area contributed by atoms with Crippen molar-refractivity contribution in [2.75, 3.05) is 19.8 Å². The molecule has 0 spiro atoms. The van der Waals surface area contributed by atoms with Gasteiger partial charge in [-0.3, -0.25) is 4.79 Å². The molecule has 0 aromatic heterocycles. The minimum absolute atomic E-state index is 0.00405. The molecule has 0 aliphatic heterocycles. The molecule has 1 amide bonds. The number of hydrogen-bond acceptors (Lipinski definition) is 4. The molecule has 1 aromatic carbocycles. The third-order valence-electron chi connectivity index (χ3n) is 2.62. The van der Waals surface area contributed by atoms with E-state index in [0.29, 0.717) is 18.8 Å². The highest BCUT2D eigenvalue weighted by Crippen LogP contribution is 2.20. The van der Waals surface area contributed by atoms with E-state index in [0.717, 1.165) is 0 Å². The van der Waals surface area contributed by atoms with E-state index in [1.165, 1.54) is 0 Å². The van der Waals surface area contributed by atoms with Crippen LogP contribution in [-0.2, 0) is 9.47 Å². The van der Waals surface area contributed by atoms with Crippen LogP contribution in [0.2, 0.25) is 0 Å². The van der Waals surface area contributed by atoms with Gasteiger partial charge >= 0.3 is 0 Å². The highest BCUT2D eigenvalue weighted by Gasteiger charge is 2.15. The van der Waals surface area contributed by atoms with E-state index in [2.05, 4.69) is 5.32 Å². The molecule has 0 atom stereocenters. The number of phenolic OH excluding ortho intramolecular Hbond substituents is 1. The lowest BCUT2D eigenvalue weighted by molar-refractivity contribution is -0.131. The Morgan fingerprint density at radius 1 is 1.32 bits per heavy atom. The maximum Gasteiger partial charge on any atom is 0.255 e. The smallest absolute Gasteiger partial charge is 0.255 e. The van der Waals surface area contributed by atoms with Crippen LogP contribution >= 0.6 is 0 Å². The average Bonchev–Trinajstić information content (AvgIpc) is 2.39. The van der Waals surface area contributed by atoms with Crippen molar-refractivity contribution in [3.05, 3.63) is 29.3 Å². The molecule has 0 aliphatic carbocycles. The summed E-state index contributed by atoms with van der Waals surface area (Å²) < 4.78 is 10.6. The predicted octanol–water partition coefficient (Wildman–Crippen LogP) is 1.83. The molecule has 0 bridgehead atoms. The minimum Gasteiger partial charge on any atom is -0.507 e. The number of ether oxygens (including phenoxy) is 2. The molecular weight excluding hydrogens is 246 g/mol.